The van der Waals surface area contributed by atoms with Crippen LogP contribution >= 0.6 is 0 Å². The molecule has 0 unspecified atom stereocenters. The molecule has 11 heteroatoms. The molecule has 0 aliphatic heterocycles. The molecule has 0 amide bonds. The average Bonchev–Trinajstić information content (AvgIpc) is 3.13. The van der Waals surface area contributed by atoms with Crippen molar-refractivity contribution < 1.29 is 18.7 Å². The number of carbonyl (C=O) groups is 1. The molecule has 152 valence electrons. The molecule has 3 saturated carbocycles. The van der Waals surface area contributed by atoms with E-state index in [0.717, 1.165) is 38.1 Å². The Morgan fingerprint density at radius 2 is 1.87 bits per heavy atom. The number of anilines is 1. The standard InChI is InChI=1S/C19H18F2N6O2.Na.H/c20-10-5-11-15(26-27-16(11)22-6-10)18-23-7-12(21)17(25-18)24-14-9-3-1-8(2-4-9)13(14)19(28)29;;/h5-9,13-14H,1-4H2,(H,28,29)(H,22,26,27)(H,23,24,25);;/t8?,9?,13-,14-;;/m0../s1. The fourth-order valence-electron chi connectivity index (χ4n) is 4.80. The second-order valence-corrected chi connectivity index (χ2v) is 7.72. The number of aromatic amines is 1. The van der Waals surface area contributed by atoms with E-state index in [1.54, 1.807) is 0 Å². The van der Waals surface area contributed by atoms with Crippen LogP contribution in [0.25, 0.3) is 22.6 Å². The molecule has 0 radical (unpaired) electrons. The number of halogens is 2. The molecule has 0 aromatic carbocycles. The number of nitrogens with one attached hydrogen (secondary N) is 2. The van der Waals surface area contributed by atoms with Gasteiger partial charge in [-0.3, -0.25) is 9.89 Å². The summed E-state index contributed by atoms with van der Waals surface area (Å²) >= 11 is 0. The maximum atomic E-state index is 14.5. The van der Waals surface area contributed by atoms with Gasteiger partial charge in [0.1, 0.15) is 11.5 Å². The summed E-state index contributed by atoms with van der Waals surface area (Å²) in [6.07, 6.45) is 5.67. The molecule has 3 aromatic heterocycles. The normalized spacial score (nSPS) is 25.1. The summed E-state index contributed by atoms with van der Waals surface area (Å²) in [6, 6.07) is 0.855. The van der Waals surface area contributed by atoms with Crippen molar-refractivity contribution in [3.63, 3.8) is 0 Å². The Bertz CT molecular complexity index is 1100. The molecule has 6 rings (SSSR count). The van der Waals surface area contributed by atoms with Crippen LogP contribution in [0.3, 0.4) is 0 Å². The van der Waals surface area contributed by atoms with E-state index in [4.69, 9.17) is 0 Å². The van der Waals surface area contributed by atoms with Gasteiger partial charge in [-0.15, -0.1) is 0 Å². The second kappa shape index (κ2) is 8.16. The molecular formula is C19H19F2N6NaO2. The van der Waals surface area contributed by atoms with Crippen LogP contribution in [0.5, 0.6) is 0 Å². The fraction of sp³-hybridized carbons (Fsp3) is 0.421. The maximum absolute atomic E-state index is 14.5. The molecular weight excluding hydrogens is 405 g/mol. The number of pyridine rings is 1. The van der Waals surface area contributed by atoms with Gasteiger partial charge in [-0.2, -0.15) is 5.10 Å². The number of fused-ring (bicyclic) bond motifs is 4. The Balaban J connectivity index is 0.00000218. The van der Waals surface area contributed by atoms with E-state index in [1.165, 1.54) is 6.07 Å². The molecule has 3 aromatic rings. The van der Waals surface area contributed by atoms with Gasteiger partial charge in [0.15, 0.2) is 23.1 Å². The summed E-state index contributed by atoms with van der Waals surface area (Å²) in [5.74, 6) is -2.39. The van der Waals surface area contributed by atoms with Crippen molar-refractivity contribution in [2.45, 2.75) is 31.7 Å². The molecule has 3 aliphatic rings. The zero-order valence-electron chi connectivity index (χ0n) is 15.3. The van der Waals surface area contributed by atoms with Gasteiger partial charge in [-0.25, -0.2) is 23.7 Å². The van der Waals surface area contributed by atoms with Crippen LogP contribution < -0.4 is 5.32 Å². The van der Waals surface area contributed by atoms with E-state index < -0.39 is 29.6 Å². The summed E-state index contributed by atoms with van der Waals surface area (Å²) in [5.41, 5.74) is 0.606. The molecule has 3 N–H and O–H groups in total. The summed E-state index contributed by atoms with van der Waals surface area (Å²) in [6.45, 7) is 0. The third-order valence-corrected chi connectivity index (χ3v) is 6.15. The topological polar surface area (TPSA) is 117 Å². The first-order chi connectivity index (χ1) is 14.0. The van der Waals surface area contributed by atoms with Gasteiger partial charge in [0.2, 0.25) is 0 Å². The average molecular weight is 424 g/mol. The monoisotopic (exact) mass is 424 g/mol. The molecule has 2 atom stereocenters. The first-order valence-corrected chi connectivity index (χ1v) is 9.53. The Hall–Kier alpha value is -2.17. The van der Waals surface area contributed by atoms with Gasteiger partial charge in [0.25, 0.3) is 0 Å². The predicted octanol–water partition coefficient (Wildman–Crippen LogP) is 2.35. The molecule has 2 bridgehead atoms. The summed E-state index contributed by atoms with van der Waals surface area (Å²) < 4.78 is 28.1. The SMILES string of the molecule is O=C(O)[C@H]1C2CCC(CC2)[C@@H]1Nc1nc(-c2n[nH]c3ncc(F)cc23)ncc1F.[NaH]. The van der Waals surface area contributed by atoms with Gasteiger partial charge < -0.3 is 10.4 Å². The van der Waals surface area contributed by atoms with E-state index in [9.17, 15) is 18.7 Å². The minimum absolute atomic E-state index is 0. The molecule has 0 spiro atoms. The van der Waals surface area contributed by atoms with Crippen molar-refractivity contribution in [3.8, 4) is 11.5 Å². The van der Waals surface area contributed by atoms with Gasteiger partial charge in [-0.05, 0) is 43.6 Å². The molecule has 3 aliphatic carbocycles. The Morgan fingerprint density at radius 3 is 2.60 bits per heavy atom. The van der Waals surface area contributed by atoms with Gasteiger partial charge in [0, 0.05) is 6.04 Å². The third-order valence-electron chi connectivity index (χ3n) is 6.15. The predicted molar refractivity (Wildman–Crippen MR) is 106 cm³/mol. The van der Waals surface area contributed by atoms with Crippen molar-refractivity contribution in [2.24, 2.45) is 17.8 Å². The van der Waals surface area contributed by atoms with Crippen LogP contribution in [0.2, 0.25) is 0 Å². The number of hydrogen-bond donors (Lipinski definition) is 3. The summed E-state index contributed by atoms with van der Waals surface area (Å²) in [5, 5.41) is 19.9. The number of hydrogen-bond acceptors (Lipinski definition) is 6. The molecule has 3 heterocycles. The number of aromatic nitrogens is 5. The Labute approximate surface area is 192 Å². The van der Waals surface area contributed by atoms with Crippen LogP contribution in [0.1, 0.15) is 25.7 Å². The van der Waals surface area contributed by atoms with Crippen molar-refractivity contribution in [1.29, 1.82) is 0 Å². The van der Waals surface area contributed by atoms with Gasteiger partial charge >= 0.3 is 35.5 Å². The summed E-state index contributed by atoms with van der Waals surface area (Å²) in [4.78, 5) is 24.0. The van der Waals surface area contributed by atoms with E-state index in [2.05, 4.69) is 30.5 Å². The van der Waals surface area contributed by atoms with Crippen LogP contribution in [0.15, 0.2) is 18.5 Å². The second-order valence-electron chi connectivity index (χ2n) is 7.72. The van der Waals surface area contributed by atoms with Crippen molar-refractivity contribution in [1.82, 2.24) is 25.1 Å². The van der Waals surface area contributed by atoms with Crippen molar-refractivity contribution in [2.75, 3.05) is 5.32 Å². The zero-order valence-corrected chi connectivity index (χ0v) is 15.3. The molecule has 30 heavy (non-hydrogen) atoms. The van der Waals surface area contributed by atoms with Crippen LogP contribution in [0, 0.1) is 29.4 Å². The van der Waals surface area contributed by atoms with E-state index >= 15 is 0 Å². The number of aliphatic carboxylic acids is 1. The van der Waals surface area contributed by atoms with E-state index in [-0.39, 0.29) is 58.7 Å². The molecule has 0 saturated heterocycles. The van der Waals surface area contributed by atoms with E-state index in [1.807, 2.05) is 0 Å². The van der Waals surface area contributed by atoms with Gasteiger partial charge in [0.05, 0.1) is 23.7 Å². The minimum atomic E-state index is -0.869. The third kappa shape index (κ3) is 3.57. The Morgan fingerprint density at radius 1 is 1.13 bits per heavy atom. The number of H-pyrrole nitrogens is 1. The van der Waals surface area contributed by atoms with Crippen molar-refractivity contribution >= 4 is 52.4 Å². The molecule has 3 fully saturated rings. The van der Waals surface area contributed by atoms with Crippen LogP contribution in [0.4, 0.5) is 14.6 Å². The van der Waals surface area contributed by atoms with Crippen LogP contribution in [-0.4, -0.2) is 71.8 Å². The number of carboxylic acid groups (broad SMARTS) is 1. The van der Waals surface area contributed by atoms with E-state index in [0.29, 0.717) is 11.0 Å². The first-order valence-electron chi connectivity index (χ1n) is 9.53. The Kier molecular flexibility index (Phi) is 5.73. The quantitative estimate of drug-likeness (QED) is 0.551. The number of rotatable bonds is 4. The fourth-order valence-corrected chi connectivity index (χ4v) is 4.80. The zero-order chi connectivity index (χ0) is 20.1. The van der Waals surface area contributed by atoms with Crippen molar-refractivity contribution in [3.05, 3.63) is 30.1 Å². The van der Waals surface area contributed by atoms with Gasteiger partial charge in [-0.1, -0.05) is 0 Å². The van der Waals surface area contributed by atoms with Crippen LogP contribution in [-0.2, 0) is 4.79 Å². The number of carboxylic acids is 1. The first kappa shape index (κ1) is 21.1. The molecule has 8 nitrogen and oxygen atoms in total. The summed E-state index contributed by atoms with van der Waals surface area (Å²) in [7, 11) is 0. The number of nitrogens with zero attached hydrogens (tertiary/aromatic N) is 4.